The second-order valence-electron chi connectivity index (χ2n) is 6.05. The molecule has 100 valence electrons. The normalized spacial score (nSPS) is 40.6. The van der Waals surface area contributed by atoms with E-state index in [4.69, 9.17) is 9.84 Å². The van der Waals surface area contributed by atoms with Gasteiger partial charge in [0, 0.05) is 0 Å². The monoisotopic (exact) mass is 253 g/mol. The molecule has 0 spiro atoms. The first-order chi connectivity index (χ1) is 8.61. The predicted octanol–water partition coefficient (Wildman–Crippen LogP) is 1.62. The van der Waals surface area contributed by atoms with Gasteiger partial charge in [0.1, 0.15) is 12.6 Å². The van der Waals surface area contributed by atoms with Crippen LogP contribution in [0.5, 0.6) is 0 Å². The lowest BCUT2D eigenvalue weighted by Gasteiger charge is -2.53. The first-order valence-corrected chi connectivity index (χ1v) is 6.78. The van der Waals surface area contributed by atoms with Crippen molar-refractivity contribution in [2.45, 2.75) is 38.2 Å². The maximum atomic E-state index is 11.5. The summed E-state index contributed by atoms with van der Waals surface area (Å²) in [5, 5.41) is 10.8. The molecule has 0 unspecified atom stereocenters. The van der Waals surface area contributed by atoms with Gasteiger partial charge in [-0.3, -0.25) is 4.79 Å². The first kappa shape index (κ1) is 11.8. The molecule has 0 aromatic rings. The SMILES string of the molecule is O=C(O)CNC(=O)OC1C2CC3CC(C2)CC1C3. The van der Waals surface area contributed by atoms with Crippen LogP contribution in [0.15, 0.2) is 0 Å². The lowest BCUT2D eigenvalue weighted by Crippen LogP contribution is -2.51. The summed E-state index contributed by atoms with van der Waals surface area (Å²) in [7, 11) is 0. The standard InChI is InChI=1S/C13H19NO4/c15-11(16)6-14-13(17)18-12-9-2-7-1-8(4-9)5-10(12)3-7/h7-10,12H,1-6H2,(H,14,17)(H,15,16). The van der Waals surface area contributed by atoms with Crippen LogP contribution in [-0.2, 0) is 9.53 Å². The van der Waals surface area contributed by atoms with Gasteiger partial charge >= 0.3 is 12.1 Å². The number of ether oxygens (including phenoxy) is 1. The number of hydrogen-bond donors (Lipinski definition) is 2. The number of carboxylic acids is 1. The molecule has 0 heterocycles. The molecule has 4 aliphatic rings. The molecule has 0 aliphatic heterocycles. The Labute approximate surface area is 106 Å². The predicted molar refractivity (Wildman–Crippen MR) is 63.0 cm³/mol. The summed E-state index contributed by atoms with van der Waals surface area (Å²) in [5.41, 5.74) is 0. The number of amides is 1. The lowest BCUT2D eigenvalue weighted by molar-refractivity contribution is -0.136. The molecule has 0 aromatic heterocycles. The van der Waals surface area contributed by atoms with E-state index in [0.717, 1.165) is 11.8 Å². The van der Waals surface area contributed by atoms with Gasteiger partial charge in [0.25, 0.3) is 0 Å². The number of aliphatic carboxylic acids is 1. The van der Waals surface area contributed by atoms with Gasteiger partial charge in [-0.05, 0) is 55.8 Å². The van der Waals surface area contributed by atoms with Crippen molar-refractivity contribution in [3.05, 3.63) is 0 Å². The van der Waals surface area contributed by atoms with Crippen LogP contribution in [0.2, 0.25) is 0 Å². The van der Waals surface area contributed by atoms with E-state index >= 15 is 0 Å². The molecule has 4 bridgehead atoms. The van der Waals surface area contributed by atoms with Crippen molar-refractivity contribution in [3.8, 4) is 0 Å². The smallest absolute Gasteiger partial charge is 0.407 e. The number of alkyl carbamates (subject to hydrolysis) is 1. The highest BCUT2D eigenvalue weighted by atomic mass is 16.6. The maximum absolute atomic E-state index is 11.5. The number of carbonyl (C=O) groups is 2. The summed E-state index contributed by atoms with van der Waals surface area (Å²) in [6, 6.07) is 0. The Kier molecular flexibility index (Phi) is 2.92. The quantitative estimate of drug-likeness (QED) is 0.801. The molecule has 4 aliphatic carbocycles. The minimum Gasteiger partial charge on any atom is -0.480 e. The Morgan fingerprint density at radius 1 is 1.06 bits per heavy atom. The maximum Gasteiger partial charge on any atom is 0.407 e. The van der Waals surface area contributed by atoms with Gasteiger partial charge in [-0.2, -0.15) is 0 Å². The average molecular weight is 253 g/mol. The Hall–Kier alpha value is -1.26. The summed E-state index contributed by atoms with van der Waals surface area (Å²) >= 11 is 0. The Morgan fingerprint density at radius 2 is 1.61 bits per heavy atom. The van der Waals surface area contributed by atoms with Crippen molar-refractivity contribution in [1.82, 2.24) is 5.32 Å². The zero-order chi connectivity index (χ0) is 12.7. The molecule has 18 heavy (non-hydrogen) atoms. The van der Waals surface area contributed by atoms with Crippen LogP contribution in [0.25, 0.3) is 0 Å². The van der Waals surface area contributed by atoms with Gasteiger partial charge in [0.15, 0.2) is 0 Å². The van der Waals surface area contributed by atoms with Crippen molar-refractivity contribution in [1.29, 1.82) is 0 Å². The van der Waals surface area contributed by atoms with Gasteiger partial charge in [0.05, 0.1) is 0 Å². The third-order valence-electron chi connectivity index (χ3n) is 4.77. The van der Waals surface area contributed by atoms with Crippen LogP contribution in [0.1, 0.15) is 32.1 Å². The van der Waals surface area contributed by atoms with Gasteiger partial charge < -0.3 is 15.2 Å². The summed E-state index contributed by atoms with van der Waals surface area (Å²) in [6.45, 7) is -0.369. The highest BCUT2D eigenvalue weighted by Crippen LogP contribution is 2.54. The van der Waals surface area contributed by atoms with E-state index < -0.39 is 12.1 Å². The molecule has 4 saturated carbocycles. The molecule has 5 nitrogen and oxygen atoms in total. The second kappa shape index (κ2) is 4.44. The van der Waals surface area contributed by atoms with Crippen molar-refractivity contribution in [3.63, 3.8) is 0 Å². The minimum absolute atomic E-state index is 0.0200. The Balaban J connectivity index is 1.57. The molecular formula is C13H19NO4. The molecule has 0 aromatic carbocycles. The van der Waals surface area contributed by atoms with Crippen LogP contribution in [0.3, 0.4) is 0 Å². The molecule has 2 N–H and O–H groups in total. The van der Waals surface area contributed by atoms with E-state index in [0.29, 0.717) is 11.8 Å². The molecule has 0 atom stereocenters. The van der Waals surface area contributed by atoms with Crippen LogP contribution < -0.4 is 5.32 Å². The first-order valence-electron chi connectivity index (χ1n) is 6.78. The van der Waals surface area contributed by atoms with E-state index in [1.807, 2.05) is 0 Å². The average Bonchev–Trinajstić information content (AvgIpc) is 2.30. The molecule has 0 radical (unpaired) electrons. The van der Waals surface area contributed by atoms with E-state index in [-0.39, 0.29) is 12.6 Å². The fourth-order valence-corrected chi connectivity index (χ4v) is 4.38. The lowest BCUT2D eigenvalue weighted by atomic mass is 9.55. The zero-order valence-corrected chi connectivity index (χ0v) is 10.3. The summed E-state index contributed by atoms with van der Waals surface area (Å²) in [4.78, 5) is 21.9. The second-order valence-corrected chi connectivity index (χ2v) is 6.05. The number of nitrogens with one attached hydrogen (secondary N) is 1. The number of hydrogen-bond acceptors (Lipinski definition) is 3. The van der Waals surface area contributed by atoms with Crippen molar-refractivity contribution in [2.24, 2.45) is 23.7 Å². The fraction of sp³-hybridized carbons (Fsp3) is 0.846. The zero-order valence-electron chi connectivity index (χ0n) is 10.3. The molecule has 0 saturated heterocycles. The van der Waals surface area contributed by atoms with E-state index in [1.165, 1.54) is 32.1 Å². The minimum atomic E-state index is -1.04. The van der Waals surface area contributed by atoms with Crippen LogP contribution in [-0.4, -0.2) is 29.8 Å². The highest BCUT2D eigenvalue weighted by Gasteiger charge is 2.49. The Bertz CT molecular complexity index is 340. The van der Waals surface area contributed by atoms with Crippen molar-refractivity contribution < 1.29 is 19.4 Å². The van der Waals surface area contributed by atoms with Gasteiger partial charge in [-0.1, -0.05) is 0 Å². The molecular weight excluding hydrogens is 234 g/mol. The summed E-state index contributed by atoms with van der Waals surface area (Å²) in [6.07, 6.45) is 5.55. The largest absolute Gasteiger partial charge is 0.480 e. The summed E-state index contributed by atoms with van der Waals surface area (Å²) < 4.78 is 5.46. The topological polar surface area (TPSA) is 75.6 Å². The number of rotatable bonds is 3. The molecule has 4 fully saturated rings. The van der Waals surface area contributed by atoms with Crippen molar-refractivity contribution >= 4 is 12.1 Å². The molecule has 5 heteroatoms. The fourth-order valence-electron chi connectivity index (χ4n) is 4.38. The molecule has 4 rings (SSSR count). The number of carbonyl (C=O) groups excluding carboxylic acids is 1. The summed E-state index contributed by atoms with van der Waals surface area (Å²) in [5.74, 6) is 1.66. The van der Waals surface area contributed by atoms with Crippen LogP contribution in [0, 0.1) is 23.7 Å². The number of carboxylic acid groups (broad SMARTS) is 1. The molecule has 1 amide bonds. The third-order valence-corrected chi connectivity index (χ3v) is 4.77. The van der Waals surface area contributed by atoms with Gasteiger partial charge in [-0.25, -0.2) is 4.79 Å². The van der Waals surface area contributed by atoms with Gasteiger partial charge in [0.2, 0.25) is 0 Å². The van der Waals surface area contributed by atoms with Crippen molar-refractivity contribution in [2.75, 3.05) is 6.54 Å². The van der Waals surface area contributed by atoms with E-state index in [2.05, 4.69) is 5.32 Å². The van der Waals surface area contributed by atoms with Gasteiger partial charge in [-0.15, -0.1) is 0 Å². The van der Waals surface area contributed by atoms with Crippen LogP contribution in [0.4, 0.5) is 4.79 Å². The van der Waals surface area contributed by atoms with E-state index in [9.17, 15) is 9.59 Å². The highest BCUT2D eigenvalue weighted by molar-refractivity contribution is 5.76. The van der Waals surface area contributed by atoms with Crippen LogP contribution >= 0.6 is 0 Å². The third kappa shape index (κ3) is 2.18. The Morgan fingerprint density at radius 3 is 2.11 bits per heavy atom. The van der Waals surface area contributed by atoms with E-state index in [1.54, 1.807) is 0 Å².